The van der Waals surface area contributed by atoms with Gasteiger partial charge in [-0.05, 0) is 76.6 Å². The molecule has 2 aromatic rings. The summed E-state index contributed by atoms with van der Waals surface area (Å²) >= 11 is 3.18. The fraction of sp³-hybridized carbons (Fsp3) is 0.250. The van der Waals surface area contributed by atoms with Crippen molar-refractivity contribution in [2.24, 2.45) is 11.7 Å². The minimum Gasteiger partial charge on any atom is -0.330 e. The Labute approximate surface area is 125 Å². The van der Waals surface area contributed by atoms with E-state index in [9.17, 15) is 8.78 Å². The minimum atomic E-state index is -0.275. The van der Waals surface area contributed by atoms with Gasteiger partial charge in [-0.1, -0.05) is 18.2 Å². The Bertz CT molecular complexity index is 586. The highest BCUT2D eigenvalue weighted by molar-refractivity contribution is 9.10. The van der Waals surface area contributed by atoms with E-state index in [0.717, 1.165) is 17.5 Å². The van der Waals surface area contributed by atoms with Gasteiger partial charge in [-0.2, -0.15) is 0 Å². The summed E-state index contributed by atoms with van der Waals surface area (Å²) in [5.74, 6) is -0.305. The van der Waals surface area contributed by atoms with Crippen molar-refractivity contribution in [2.45, 2.75) is 12.8 Å². The summed E-state index contributed by atoms with van der Waals surface area (Å²) < 4.78 is 26.8. The van der Waals surface area contributed by atoms with Crippen molar-refractivity contribution in [1.29, 1.82) is 0 Å². The van der Waals surface area contributed by atoms with Crippen molar-refractivity contribution in [2.75, 3.05) is 6.54 Å². The van der Waals surface area contributed by atoms with Gasteiger partial charge >= 0.3 is 0 Å². The zero-order valence-corrected chi connectivity index (χ0v) is 12.5. The Kier molecular flexibility index (Phi) is 5.26. The Morgan fingerprint density at radius 3 is 2.30 bits per heavy atom. The first kappa shape index (κ1) is 15.1. The Morgan fingerprint density at radius 1 is 1.00 bits per heavy atom. The van der Waals surface area contributed by atoms with Gasteiger partial charge in [-0.25, -0.2) is 8.78 Å². The predicted octanol–water partition coefficient (Wildman–Crippen LogP) is 4.09. The van der Waals surface area contributed by atoms with Crippen LogP contribution in [0, 0.1) is 17.6 Å². The molecule has 0 aromatic heterocycles. The molecule has 0 aliphatic rings. The summed E-state index contributed by atoms with van der Waals surface area (Å²) in [7, 11) is 0. The van der Waals surface area contributed by atoms with Gasteiger partial charge in [-0.15, -0.1) is 0 Å². The molecule has 0 aliphatic heterocycles. The lowest BCUT2D eigenvalue weighted by Crippen LogP contribution is -2.19. The summed E-state index contributed by atoms with van der Waals surface area (Å²) in [5, 5.41) is 0. The maximum atomic E-state index is 13.2. The molecule has 1 atom stereocenters. The van der Waals surface area contributed by atoms with Crippen LogP contribution in [0.25, 0.3) is 0 Å². The lowest BCUT2D eigenvalue weighted by atomic mass is 9.92. The third-order valence-electron chi connectivity index (χ3n) is 3.26. The van der Waals surface area contributed by atoms with Gasteiger partial charge in [0.2, 0.25) is 0 Å². The maximum absolute atomic E-state index is 13.2. The molecule has 1 nitrogen and oxygen atoms in total. The Hall–Kier alpha value is -1.26. The normalized spacial score (nSPS) is 12.4. The molecule has 0 spiro atoms. The Morgan fingerprint density at radius 2 is 1.70 bits per heavy atom. The van der Waals surface area contributed by atoms with Crippen molar-refractivity contribution in [3.8, 4) is 0 Å². The van der Waals surface area contributed by atoms with Crippen LogP contribution in [0.5, 0.6) is 0 Å². The zero-order valence-electron chi connectivity index (χ0n) is 11.0. The lowest BCUT2D eigenvalue weighted by molar-refractivity contribution is 0.529. The fourth-order valence-electron chi connectivity index (χ4n) is 2.24. The maximum Gasteiger partial charge on any atom is 0.137 e. The minimum absolute atomic E-state index is 0.203. The van der Waals surface area contributed by atoms with E-state index in [2.05, 4.69) is 15.9 Å². The third kappa shape index (κ3) is 4.12. The standard InChI is InChI=1S/C16H16BrF2N/c17-15-9-12(4-5-16(15)19)7-13(10-20)6-11-2-1-3-14(18)8-11/h1-5,8-9,13H,6-7,10,20H2. The van der Waals surface area contributed by atoms with Crippen LogP contribution in [-0.2, 0) is 12.8 Å². The molecule has 0 fully saturated rings. The second-order valence-corrected chi connectivity index (χ2v) is 5.74. The van der Waals surface area contributed by atoms with E-state index in [1.807, 2.05) is 6.07 Å². The average Bonchev–Trinajstić information content (AvgIpc) is 2.42. The zero-order chi connectivity index (χ0) is 14.5. The molecule has 0 amide bonds. The van der Waals surface area contributed by atoms with Crippen molar-refractivity contribution < 1.29 is 8.78 Å². The molecule has 20 heavy (non-hydrogen) atoms. The average molecular weight is 340 g/mol. The highest BCUT2D eigenvalue weighted by Gasteiger charge is 2.11. The predicted molar refractivity (Wildman–Crippen MR) is 80.5 cm³/mol. The number of hydrogen-bond donors (Lipinski definition) is 1. The third-order valence-corrected chi connectivity index (χ3v) is 3.86. The monoisotopic (exact) mass is 339 g/mol. The van der Waals surface area contributed by atoms with Gasteiger partial charge in [-0.3, -0.25) is 0 Å². The first-order chi connectivity index (χ1) is 9.58. The molecular weight excluding hydrogens is 324 g/mol. The molecule has 0 aliphatic carbocycles. The number of benzene rings is 2. The quantitative estimate of drug-likeness (QED) is 0.872. The van der Waals surface area contributed by atoms with Crippen molar-refractivity contribution in [1.82, 2.24) is 0 Å². The SMILES string of the molecule is NCC(Cc1cccc(F)c1)Cc1ccc(F)c(Br)c1. The van der Waals surface area contributed by atoms with E-state index in [4.69, 9.17) is 5.73 Å². The van der Waals surface area contributed by atoms with E-state index < -0.39 is 0 Å². The first-order valence-electron chi connectivity index (χ1n) is 6.47. The second kappa shape index (κ2) is 6.95. The molecule has 0 radical (unpaired) electrons. The number of hydrogen-bond acceptors (Lipinski definition) is 1. The van der Waals surface area contributed by atoms with Crippen LogP contribution in [0.2, 0.25) is 0 Å². The van der Waals surface area contributed by atoms with Crippen LogP contribution in [-0.4, -0.2) is 6.54 Å². The number of rotatable bonds is 5. The first-order valence-corrected chi connectivity index (χ1v) is 7.26. The molecule has 0 saturated carbocycles. The fourth-order valence-corrected chi connectivity index (χ4v) is 2.66. The summed E-state index contributed by atoms with van der Waals surface area (Å²) in [4.78, 5) is 0. The van der Waals surface area contributed by atoms with Crippen molar-refractivity contribution in [3.05, 3.63) is 69.7 Å². The van der Waals surface area contributed by atoms with E-state index >= 15 is 0 Å². The van der Waals surface area contributed by atoms with E-state index in [0.29, 0.717) is 17.4 Å². The van der Waals surface area contributed by atoms with Gasteiger partial charge in [0.05, 0.1) is 4.47 Å². The lowest BCUT2D eigenvalue weighted by Gasteiger charge is -2.15. The van der Waals surface area contributed by atoms with E-state index in [-0.39, 0.29) is 17.6 Å². The van der Waals surface area contributed by atoms with Gasteiger partial charge in [0.25, 0.3) is 0 Å². The highest BCUT2D eigenvalue weighted by Crippen LogP contribution is 2.20. The smallest absolute Gasteiger partial charge is 0.137 e. The van der Waals surface area contributed by atoms with E-state index in [1.165, 1.54) is 18.2 Å². The van der Waals surface area contributed by atoms with Crippen LogP contribution in [0.1, 0.15) is 11.1 Å². The molecule has 4 heteroatoms. The van der Waals surface area contributed by atoms with Crippen molar-refractivity contribution >= 4 is 15.9 Å². The molecule has 2 rings (SSSR count). The number of nitrogens with two attached hydrogens (primary N) is 1. The molecule has 106 valence electrons. The van der Waals surface area contributed by atoms with Gasteiger partial charge in [0.1, 0.15) is 11.6 Å². The van der Waals surface area contributed by atoms with Crippen LogP contribution in [0.15, 0.2) is 46.9 Å². The van der Waals surface area contributed by atoms with Crippen LogP contribution in [0.3, 0.4) is 0 Å². The van der Waals surface area contributed by atoms with Crippen LogP contribution in [0.4, 0.5) is 8.78 Å². The highest BCUT2D eigenvalue weighted by atomic mass is 79.9. The van der Waals surface area contributed by atoms with Crippen LogP contribution < -0.4 is 5.73 Å². The summed E-state index contributed by atoms with van der Waals surface area (Å²) in [6, 6.07) is 11.5. The molecule has 2 aromatic carbocycles. The van der Waals surface area contributed by atoms with Gasteiger partial charge < -0.3 is 5.73 Å². The Balaban J connectivity index is 2.07. The topological polar surface area (TPSA) is 26.0 Å². The number of halogens is 3. The van der Waals surface area contributed by atoms with Gasteiger partial charge in [0.15, 0.2) is 0 Å². The largest absolute Gasteiger partial charge is 0.330 e. The summed E-state index contributed by atoms with van der Waals surface area (Å²) in [6.45, 7) is 0.505. The van der Waals surface area contributed by atoms with Crippen molar-refractivity contribution in [3.63, 3.8) is 0 Å². The molecule has 0 heterocycles. The van der Waals surface area contributed by atoms with Crippen LogP contribution >= 0.6 is 15.9 Å². The van der Waals surface area contributed by atoms with E-state index in [1.54, 1.807) is 18.2 Å². The summed E-state index contributed by atoms with van der Waals surface area (Å²) in [5.41, 5.74) is 7.75. The molecule has 2 N–H and O–H groups in total. The summed E-state index contributed by atoms with van der Waals surface area (Å²) in [6.07, 6.45) is 1.45. The molecule has 0 saturated heterocycles. The van der Waals surface area contributed by atoms with Gasteiger partial charge in [0, 0.05) is 0 Å². The molecule has 0 bridgehead atoms. The molecule has 1 unspecified atom stereocenters. The second-order valence-electron chi connectivity index (χ2n) is 4.89. The molecular formula is C16H16BrF2N.